The molecule has 1 aromatic rings. The molecule has 0 bridgehead atoms. The third-order valence-corrected chi connectivity index (χ3v) is 2.58. The lowest BCUT2D eigenvalue weighted by atomic mass is 10.3. The van der Waals surface area contributed by atoms with Crippen LogP contribution in [-0.4, -0.2) is 17.7 Å². The summed E-state index contributed by atoms with van der Waals surface area (Å²) < 4.78 is 0. The molecule has 0 radical (unpaired) electrons. The number of carboxylic acid groups (broad SMARTS) is 1. The summed E-state index contributed by atoms with van der Waals surface area (Å²) >= 11 is 11.6. The minimum Gasteiger partial charge on any atom is -0.465 e. The number of carbonyl (C=O) groups is 1. The van der Waals surface area contributed by atoms with Crippen LogP contribution < -0.4 is 4.90 Å². The lowest BCUT2D eigenvalue weighted by molar-refractivity contribution is 0.202. The van der Waals surface area contributed by atoms with Crippen LogP contribution >= 0.6 is 23.2 Å². The molecule has 14 heavy (non-hydrogen) atoms. The maximum absolute atomic E-state index is 10.8. The zero-order valence-electron chi connectivity index (χ0n) is 7.50. The van der Waals surface area contributed by atoms with Gasteiger partial charge >= 0.3 is 6.09 Å². The third-order valence-electron chi connectivity index (χ3n) is 1.77. The van der Waals surface area contributed by atoms with Crippen LogP contribution in [0.3, 0.4) is 0 Å². The fourth-order valence-corrected chi connectivity index (χ4v) is 1.51. The lowest BCUT2D eigenvalue weighted by Gasteiger charge is -2.18. The summed E-state index contributed by atoms with van der Waals surface area (Å²) in [5.41, 5.74) is 0.411. The quantitative estimate of drug-likeness (QED) is 0.850. The number of hydrogen-bond acceptors (Lipinski definition) is 1. The van der Waals surface area contributed by atoms with E-state index in [4.69, 9.17) is 28.3 Å². The Kier molecular flexibility index (Phi) is 3.61. The second-order valence-corrected chi connectivity index (χ2v) is 3.38. The highest BCUT2D eigenvalue weighted by atomic mass is 35.5. The molecular formula is C9H9Cl2NO2. The molecule has 5 heteroatoms. The first kappa shape index (κ1) is 11.1. The van der Waals surface area contributed by atoms with Gasteiger partial charge in [0.15, 0.2) is 0 Å². The number of benzene rings is 1. The SMILES string of the molecule is CCN(C(=O)O)c1cccc(Cl)c1Cl. The normalized spacial score (nSPS) is 9.93. The van der Waals surface area contributed by atoms with Crippen molar-refractivity contribution < 1.29 is 9.90 Å². The van der Waals surface area contributed by atoms with Crippen molar-refractivity contribution in [3.8, 4) is 0 Å². The molecule has 0 heterocycles. The Morgan fingerprint density at radius 2 is 2.14 bits per heavy atom. The van der Waals surface area contributed by atoms with Gasteiger partial charge in [-0.2, -0.15) is 0 Å². The molecule has 1 N–H and O–H groups in total. The summed E-state index contributed by atoms with van der Waals surface area (Å²) in [5.74, 6) is 0. The van der Waals surface area contributed by atoms with Crippen LogP contribution in [0.25, 0.3) is 0 Å². The molecule has 76 valence electrons. The van der Waals surface area contributed by atoms with E-state index in [1.165, 1.54) is 0 Å². The van der Waals surface area contributed by atoms with E-state index in [0.717, 1.165) is 4.90 Å². The molecule has 0 spiro atoms. The molecule has 3 nitrogen and oxygen atoms in total. The van der Waals surface area contributed by atoms with Crippen LogP contribution in [-0.2, 0) is 0 Å². The number of amides is 1. The zero-order valence-corrected chi connectivity index (χ0v) is 9.01. The van der Waals surface area contributed by atoms with Gasteiger partial charge in [0.25, 0.3) is 0 Å². The molecule has 0 aromatic heterocycles. The average molecular weight is 234 g/mol. The Hall–Kier alpha value is -0.930. The molecule has 1 aromatic carbocycles. The Morgan fingerprint density at radius 3 is 2.64 bits per heavy atom. The van der Waals surface area contributed by atoms with Gasteiger partial charge in [-0.25, -0.2) is 4.79 Å². The highest BCUT2D eigenvalue weighted by molar-refractivity contribution is 6.44. The van der Waals surface area contributed by atoms with E-state index in [0.29, 0.717) is 17.3 Å². The molecule has 0 aliphatic rings. The van der Waals surface area contributed by atoms with E-state index in [1.807, 2.05) is 0 Å². The molecule has 0 saturated carbocycles. The molecule has 1 amide bonds. The minimum absolute atomic E-state index is 0.262. The van der Waals surface area contributed by atoms with Gasteiger partial charge in [0.1, 0.15) is 0 Å². The molecule has 0 saturated heterocycles. The molecule has 1 rings (SSSR count). The number of anilines is 1. The monoisotopic (exact) mass is 233 g/mol. The Morgan fingerprint density at radius 1 is 1.50 bits per heavy atom. The Balaban J connectivity index is 3.16. The largest absolute Gasteiger partial charge is 0.465 e. The van der Waals surface area contributed by atoms with E-state index in [2.05, 4.69) is 0 Å². The van der Waals surface area contributed by atoms with Gasteiger partial charge < -0.3 is 5.11 Å². The van der Waals surface area contributed by atoms with Crippen molar-refractivity contribution in [3.63, 3.8) is 0 Å². The molecule has 0 aliphatic heterocycles. The van der Waals surface area contributed by atoms with Crippen molar-refractivity contribution in [2.45, 2.75) is 6.92 Å². The second-order valence-electron chi connectivity index (χ2n) is 2.60. The summed E-state index contributed by atoms with van der Waals surface area (Å²) in [6.07, 6.45) is -1.04. The standard InChI is InChI=1S/C9H9Cl2NO2/c1-2-12(9(13)14)7-5-3-4-6(10)8(7)11/h3-5H,2H2,1H3,(H,13,14). The van der Waals surface area contributed by atoms with Crippen LogP contribution in [0.2, 0.25) is 10.0 Å². The second kappa shape index (κ2) is 4.53. The van der Waals surface area contributed by atoms with E-state index >= 15 is 0 Å². The summed E-state index contributed by atoms with van der Waals surface area (Å²) in [5, 5.41) is 9.48. The van der Waals surface area contributed by atoms with Gasteiger partial charge in [0.05, 0.1) is 15.7 Å². The van der Waals surface area contributed by atoms with Gasteiger partial charge in [0.2, 0.25) is 0 Å². The van der Waals surface area contributed by atoms with Gasteiger partial charge in [-0.3, -0.25) is 4.90 Å². The summed E-state index contributed by atoms with van der Waals surface area (Å²) in [7, 11) is 0. The van der Waals surface area contributed by atoms with Gasteiger partial charge in [-0.1, -0.05) is 29.3 Å². The molecule has 0 atom stereocenters. The van der Waals surface area contributed by atoms with Crippen LogP contribution in [0.4, 0.5) is 10.5 Å². The van der Waals surface area contributed by atoms with Gasteiger partial charge in [0, 0.05) is 6.54 Å². The topological polar surface area (TPSA) is 40.5 Å². The summed E-state index contributed by atoms with van der Waals surface area (Å²) in [4.78, 5) is 12.0. The van der Waals surface area contributed by atoms with Crippen LogP contribution in [0.5, 0.6) is 0 Å². The third kappa shape index (κ3) is 2.11. The van der Waals surface area contributed by atoms with Crippen molar-refractivity contribution in [2.75, 3.05) is 11.4 Å². The van der Waals surface area contributed by atoms with Gasteiger partial charge in [-0.05, 0) is 19.1 Å². The fraction of sp³-hybridized carbons (Fsp3) is 0.222. The van der Waals surface area contributed by atoms with E-state index < -0.39 is 6.09 Å². The molecule has 0 fully saturated rings. The Bertz CT molecular complexity index is 355. The van der Waals surface area contributed by atoms with E-state index in [-0.39, 0.29) is 5.02 Å². The van der Waals surface area contributed by atoms with Crippen molar-refractivity contribution in [1.82, 2.24) is 0 Å². The fourth-order valence-electron chi connectivity index (χ4n) is 1.11. The van der Waals surface area contributed by atoms with Crippen molar-refractivity contribution in [1.29, 1.82) is 0 Å². The van der Waals surface area contributed by atoms with Gasteiger partial charge in [-0.15, -0.1) is 0 Å². The molecule has 0 unspecified atom stereocenters. The summed E-state index contributed by atoms with van der Waals surface area (Å²) in [6.45, 7) is 2.06. The van der Waals surface area contributed by atoms with Crippen LogP contribution in [0, 0.1) is 0 Å². The average Bonchev–Trinajstić information content (AvgIpc) is 2.13. The first-order valence-corrected chi connectivity index (χ1v) is 4.78. The van der Waals surface area contributed by atoms with Crippen molar-refractivity contribution in [3.05, 3.63) is 28.2 Å². The van der Waals surface area contributed by atoms with Crippen molar-refractivity contribution in [2.24, 2.45) is 0 Å². The molecule has 0 aliphatic carbocycles. The highest BCUT2D eigenvalue weighted by Crippen LogP contribution is 2.32. The van der Waals surface area contributed by atoms with Crippen LogP contribution in [0.1, 0.15) is 6.92 Å². The first-order chi connectivity index (χ1) is 6.57. The lowest BCUT2D eigenvalue weighted by Crippen LogP contribution is -2.28. The smallest absolute Gasteiger partial charge is 0.411 e. The Labute approximate surface area is 91.8 Å². The number of hydrogen-bond donors (Lipinski definition) is 1. The van der Waals surface area contributed by atoms with Crippen molar-refractivity contribution >= 4 is 35.0 Å². The van der Waals surface area contributed by atoms with Crippen LogP contribution in [0.15, 0.2) is 18.2 Å². The zero-order chi connectivity index (χ0) is 10.7. The maximum atomic E-state index is 10.8. The molecular weight excluding hydrogens is 225 g/mol. The summed E-state index contributed by atoms with van der Waals surface area (Å²) in [6, 6.07) is 4.89. The number of halogens is 2. The highest BCUT2D eigenvalue weighted by Gasteiger charge is 2.16. The van der Waals surface area contributed by atoms with E-state index in [1.54, 1.807) is 25.1 Å². The number of nitrogens with zero attached hydrogens (tertiary/aromatic N) is 1. The maximum Gasteiger partial charge on any atom is 0.411 e. The number of rotatable bonds is 2. The predicted octanol–water partition coefficient (Wildman–Crippen LogP) is 3.50. The predicted molar refractivity (Wildman–Crippen MR) is 57.5 cm³/mol. The van der Waals surface area contributed by atoms with E-state index in [9.17, 15) is 4.79 Å². The minimum atomic E-state index is -1.04. The first-order valence-electron chi connectivity index (χ1n) is 4.02.